The normalized spacial score (nSPS) is 16.1. The van der Waals surface area contributed by atoms with Crippen molar-refractivity contribution < 1.29 is 0 Å². The van der Waals surface area contributed by atoms with Crippen LogP contribution in [-0.4, -0.2) is 43.1 Å². The molecule has 20 heavy (non-hydrogen) atoms. The molecule has 0 unspecified atom stereocenters. The molecule has 1 N–H and O–H groups in total. The molecule has 2 heterocycles. The zero-order chi connectivity index (χ0) is 13.8. The van der Waals surface area contributed by atoms with Gasteiger partial charge >= 0.3 is 0 Å². The number of para-hydroxylation sites is 1. The van der Waals surface area contributed by atoms with Crippen molar-refractivity contribution in [2.75, 3.05) is 43.4 Å². The minimum atomic E-state index is 1.04. The van der Waals surface area contributed by atoms with Crippen LogP contribution in [0.1, 0.15) is 0 Å². The molecule has 1 aliphatic heterocycles. The van der Waals surface area contributed by atoms with Gasteiger partial charge in [0.15, 0.2) is 0 Å². The van der Waals surface area contributed by atoms with Crippen LogP contribution in [0, 0.1) is 0 Å². The van der Waals surface area contributed by atoms with E-state index in [1.807, 2.05) is 30.5 Å². The molecule has 3 rings (SSSR count). The van der Waals surface area contributed by atoms with Gasteiger partial charge in [-0.15, -0.1) is 0 Å². The lowest BCUT2D eigenvalue weighted by atomic mass is 10.3. The zero-order valence-corrected chi connectivity index (χ0v) is 11.8. The SMILES string of the molecule is CN1CCN(c2cc(Nc3ccccc3)ccn2)CC1. The fourth-order valence-corrected chi connectivity index (χ4v) is 2.39. The van der Waals surface area contributed by atoms with Crippen LogP contribution in [0.15, 0.2) is 48.7 Å². The van der Waals surface area contributed by atoms with Crippen LogP contribution in [0.5, 0.6) is 0 Å². The molecule has 0 atom stereocenters. The summed E-state index contributed by atoms with van der Waals surface area (Å²) >= 11 is 0. The van der Waals surface area contributed by atoms with Gasteiger partial charge in [0.1, 0.15) is 5.82 Å². The first kappa shape index (κ1) is 12.9. The largest absolute Gasteiger partial charge is 0.355 e. The number of hydrogen-bond acceptors (Lipinski definition) is 4. The van der Waals surface area contributed by atoms with Crippen molar-refractivity contribution in [2.45, 2.75) is 0 Å². The Morgan fingerprint density at radius 3 is 2.45 bits per heavy atom. The number of piperazine rings is 1. The minimum Gasteiger partial charge on any atom is -0.355 e. The van der Waals surface area contributed by atoms with Gasteiger partial charge in [0.05, 0.1) is 0 Å². The molecule has 1 aromatic heterocycles. The number of hydrogen-bond donors (Lipinski definition) is 1. The van der Waals surface area contributed by atoms with Crippen LogP contribution >= 0.6 is 0 Å². The number of aromatic nitrogens is 1. The third-order valence-corrected chi connectivity index (χ3v) is 3.64. The summed E-state index contributed by atoms with van der Waals surface area (Å²) in [6.07, 6.45) is 1.87. The van der Waals surface area contributed by atoms with E-state index in [1.165, 1.54) is 0 Å². The van der Waals surface area contributed by atoms with Crippen LogP contribution in [0.3, 0.4) is 0 Å². The van der Waals surface area contributed by atoms with Crippen LogP contribution in [-0.2, 0) is 0 Å². The molecule has 1 aromatic carbocycles. The third-order valence-electron chi connectivity index (χ3n) is 3.64. The number of rotatable bonds is 3. The summed E-state index contributed by atoms with van der Waals surface area (Å²) < 4.78 is 0. The molecule has 0 amide bonds. The lowest BCUT2D eigenvalue weighted by molar-refractivity contribution is 0.312. The van der Waals surface area contributed by atoms with Crippen LogP contribution in [0.25, 0.3) is 0 Å². The minimum absolute atomic E-state index is 1.04. The third kappa shape index (κ3) is 3.08. The maximum Gasteiger partial charge on any atom is 0.130 e. The van der Waals surface area contributed by atoms with E-state index in [-0.39, 0.29) is 0 Å². The Balaban J connectivity index is 1.73. The summed E-state index contributed by atoms with van der Waals surface area (Å²) in [4.78, 5) is 9.19. The molecule has 0 spiro atoms. The Bertz CT molecular complexity index is 547. The molecule has 0 radical (unpaired) electrons. The Hall–Kier alpha value is -2.07. The van der Waals surface area contributed by atoms with Gasteiger partial charge in [-0.1, -0.05) is 18.2 Å². The Kier molecular flexibility index (Phi) is 3.83. The summed E-state index contributed by atoms with van der Waals surface area (Å²) in [6.45, 7) is 4.27. The van der Waals surface area contributed by atoms with Gasteiger partial charge in [-0.2, -0.15) is 0 Å². The Morgan fingerprint density at radius 2 is 1.70 bits per heavy atom. The summed E-state index contributed by atoms with van der Waals surface area (Å²) in [5, 5.41) is 3.42. The van der Waals surface area contributed by atoms with Crippen LogP contribution in [0.4, 0.5) is 17.2 Å². The molecular weight excluding hydrogens is 248 g/mol. The van der Waals surface area contributed by atoms with Gasteiger partial charge in [-0.3, -0.25) is 0 Å². The van der Waals surface area contributed by atoms with E-state index in [4.69, 9.17) is 0 Å². The first-order chi connectivity index (χ1) is 9.81. The van der Waals surface area contributed by atoms with Gasteiger partial charge in [-0.05, 0) is 25.2 Å². The van der Waals surface area contributed by atoms with Crippen molar-refractivity contribution in [3.8, 4) is 0 Å². The highest BCUT2D eigenvalue weighted by Crippen LogP contribution is 2.21. The fourth-order valence-electron chi connectivity index (χ4n) is 2.39. The Morgan fingerprint density at radius 1 is 0.950 bits per heavy atom. The quantitative estimate of drug-likeness (QED) is 0.927. The monoisotopic (exact) mass is 268 g/mol. The molecular formula is C16H20N4. The first-order valence-corrected chi connectivity index (χ1v) is 7.03. The van der Waals surface area contributed by atoms with Crippen molar-refractivity contribution in [3.63, 3.8) is 0 Å². The molecule has 0 aliphatic carbocycles. The van der Waals surface area contributed by atoms with E-state index < -0.39 is 0 Å². The average molecular weight is 268 g/mol. The number of likely N-dealkylation sites (N-methyl/N-ethyl adjacent to an activating group) is 1. The number of anilines is 3. The summed E-state index contributed by atoms with van der Waals surface area (Å²) in [7, 11) is 2.16. The van der Waals surface area contributed by atoms with E-state index in [2.05, 4.69) is 45.3 Å². The second-order valence-corrected chi connectivity index (χ2v) is 5.18. The van der Waals surface area contributed by atoms with Crippen molar-refractivity contribution in [1.82, 2.24) is 9.88 Å². The van der Waals surface area contributed by atoms with Crippen LogP contribution < -0.4 is 10.2 Å². The molecule has 4 heteroatoms. The van der Waals surface area contributed by atoms with Crippen LogP contribution in [0.2, 0.25) is 0 Å². The number of nitrogens with one attached hydrogen (secondary N) is 1. The molecule has 1 saturated heterocycles. The first-order valence-electron chi connectivity index (χ1n) is 7.03. The maximum atomic E-state index is 4.50. The van der Waals surface area contributed by atoms with E-state index in [0.29, 0.717) is 0 Å². The highest BCUT2D eigenvalue weighted by molar-refractivity contribution is 5.62. The summed E-state index contributed by atoms with van der Waals surface area (Å²) in [6, 6.07) is 14.3. The van der Waals surface area contributed by atoms with Crippen molar-refractivity contribution in [2.24, 2.45) is 0 Å². The van der Waals surface area contributed by atoms with Crippen molar-refractivity contribution >= 4 is 17.2 Å². The smallest absolute Gasteiger partial charge is 0.130 e. The summed E-state index contributed by atoms with van der Waals surface area (Å²) in [5.41, 5.74) is 2.18. The molecule has 104 valence electrons. The van der Waals surface area contributed by atoms with Gasteiger partial charge in [-0.25, -0.2) is 4.98 Å². The number of nitrogens with zero attached hydrogens (tertiary/aromatic N) is 3. The second-order valence-electron chi connectivity index (χ2n) is 5.18. The van der Waals surface area contributed by atoms with E-state index >= 15 is 0 Å². The fraction of sp³-hybridized carbons (Fsp3) is 0.312. The van der Waals surface area contributed by atoms with E-state index in [1.54, 1.807) is 0 Å². The summed E-state index contributed by atoms with van der Waals surface area (Å²) in [5.74, 6) is 1.05. The zero-order valence-electron chi connectivity index (χ0n) is 11.8. The standard InChI is InChI=1S/C16H20N4/c1-19-9-11-20(12-10-19)16-13-15(7-8-17-16)18-14-5-3-2-4-6-14/h2-8,13H,9-12H2,1H3,(H,17,18). The highest BCUT2D eigenvalue weighted by atomic mass is 15.3. The van der Waals surface area contributed by atoms with Gasteiger partial charge in [0.25, 0.3) is 0 Å². The molecule has 0 saturated carbocycles. The molecule has 2 aromatic rings. The average Bonchev–Trinajstić information content (AvgIpc) is 2.49. The molecule has 4 nitrogen and oxygen atoms in total. The van der Waals surface area contributed by atoms with Crippen molar-refractivity contribution in [1.29, 1.82) is 0 Å². The molecule has 0 bridgehead atoms. The predicted molar refractivity (Wildman–Crippen MR) is 83.7 cm³/mol. The predicted octanol–water partition coefficient (Wildman–Crippen LogP) is 2.58. The van der Waals surface area contributed by atoms with E-state index in [9.17, 15) is 0 Å². The number of pyridine rings is 1. The van der Waals surface area contributed by atoms with E-state index in [0.717, 1.165) is 43.4 Å². The number of benzene rings is 1. The maximum absolute atomic E-state index is 4.50. The lowest BCUT2D eigenvalue weighted by Gasteiger charge is -2.33. The van der Waals surface area contributed by atoms with Gasteiger partial charge in [0, 0.05) is 49.8 Å². The lowest BCUT2D eigenvalue weighted by Crippen LogP contribution is -2.44. The highest BCUT2D eigenvalue weighted by Gasteiger charge is 2.15. The molecule has 1 aliphatic rings. The van der Waals surface area contributed by atoms with Crippen molar-refractivity contribution in [3.05, 3.63) is 48.7 Å². The van der Waals surface area contributed by atoms with Gasteiger partial charge < -0.3 is 15.1 Å². The Labute approximate surface area is 120 Å². The molecule has 1 fully saturated rings. The van der Waals surface area contributed by atoms with Gasteiger partial charge in [0.2, 0.25) is 0 Å². The topological polar surface area (TPSA) is 31.4 Å². The second kappa shape index (κ2) is 5.92.